The van der Waals surface area contributed by atoms with Crippen LogP contribution in [0.25, 0.3) is 0 Å². The molecule has 2 aromatic carbocycles. The van der Waals surface area contributed by atoms with Gasteiger partial charge >= 0.3 is 6.03 Å². The fraction of sp³-hybridized carbons (Fsp3) is 0.391. The molecular weight excluding hydrogens is 400 g/mol. The van der Waals surface area contributed by atoms with Crippen molar-refractivity contribution in [2.24, 2.45) is 0 Å². The minimum atomic E-state index is -0.169. The fourth-order valence-corrected chi connectivity index (χ4v) is 4.24. The second kappa shape index (κ2) is 8.56. The molecule has 30 heavy (non-hydrogen) atoms. The molecule has 0 radical (unpaired) electrons. The number of urea groups is 1. The third-order valence-electron chi connectivity index (χ3n) is 6.00. The summed E-state index contributed by atoms with van der Waals surface area (Å²) in [4.78, 5) is 31.1. The summed E-state index contributed by atoms with van der Waals surface area (Å²) < 4.78 is 0. The topological polar surface area (TPSA) is 55.9 Å². The number of hydrogen-bond acceptors (Lipinski definition) is 3. The van der Waals surface area contributed by atoms with Crippen LogP contribution in [0, 0.1) is 13.8 Å². The van der Waals surface area contributed by atoms with Gasteiger partial charge in [0.05, 0.1) is 6.04 Å². The van der Waals surface area contributed by atoms with Crippen molar-refractivity contribution in [1.82, 2.24) is 10.2 Å². The molecule has 0 bridgehead atoms. The third-order valence-corrected chi connectivity index (χ3v) is 6.23. The van der Waals surface area contributed by atoms with Crippen LogP contribution >= 0.6 is 11.6 Å². The Morgan fingerprint density at radius 2 is 1.77 bits per heavy atom. The van der Waals surface area contributed by atoms with Crippen molar-refractivity contribution < 1.29 is 9.59 Å². The van der Waals surface area contributed by atoms with Gasteiger partial charge in [0.1, 0.15) is 0 Å². The zero-order valence-electron chi connectivity index (χ0n) is 17.4. The van der Waals surface area contributed by atoms with E-state index in [1.807, 2.05) is 54.3 Å². The number of carbonyl (C=O) groups is 2. The van der Waals surface area contributed by atoms with Gasteiger partial charge in [0.25, 0.3) is 0 Å². The van der Waals surface area contributed by atoms with Gasteiger partial charge < -0.3 is 20.0 Å². The first-order chi connectivity index (χ1) is 14.4. The van der Waals surface area contributed by atoms with Crippen molar-refractivity contribution >= 4 is 34.9 Å². The summed E-state index contributed by atoms with van der Waals surface area (Å²) in [5, 5.41) is 3.77. The van der Waals surface area contributed by atoms with Crippen LogP contribution in [0.1, 0.15) is 17.5 Å². The molecule has 1 atom stereocenters. The molecule has 1 N–H and O–H groups in total. The minimum Gasteiger partial charge on any atom is -0.368 e. The predicted molar refractivity (Wildman–Crippen MR) is 120 cm³/mol. The molecule has 4 rings (SSSR count). The molecule has 6 nitrogen and oxygen atoms in total. The Kier molecular flexibility index (Phi) is 5.86. The minimum absolute atomic E-state index is 0.0503. The highest BCUT2D eigenvalue weighted by Gasteiger charge is 2.33. The van der Waals surface area contributed by atoms with Gasteiger partial charge in [0, 0.05) is 55.5 Å². The quantitative estimate of drug-likeness (QED) is 0.815. The first-order valence-electron chi connectivity index (χ1n) is 10.3. The largest absolute Gasteiger partial charge is 0.368 e. The van der Waals surface area contributed by atoms with E-state index >= 15 is 0 Å². The highest BCUT2D eigenvalue weighted by Crippen LogP contribution is 2.24. The number of hydrogen-bond donors (Lipinski definition) is 1. The number of aryl methyl sites for hydroxylation is 2. The SMILES string of the molecule is Cc1ccc(N2CC(NC(=O)N3CCN(c4cccc(Cl)c4)CC3)CC2=O)cc1C. The molecule has 7 heteroatoms. The Bertz CT molecular complexity index is 956. The number of piperazine rings is 1. The van der Waals surface area contributed by atoms with E-state index in [-0.39, 0.29) is 18.0 Å². The van der Waals surface area contributed by atoms with Crippen LogP contribution in [0.15, 0.2) is 42.5 Å². The van der Waals surface area contributed by atoms with Crippen LogP contribution in [0.5, 0.6) is 0 Å². The van der Waals surface area contributed by atoms with E-state index in [1.54, 1.807) is 4.90 Å². The molecule has 3 amide bonds. The number of amides is 3. The summed E-state index contributed by atoms with van der Waals surface area (Å²) in [6.07, 6.45) is 0.334. The monoisotopic (exact) mass is 426 g/mol. The number of halogens is 1. The molecule has 1 unspecified atom stereocenters. The molecule has 2 aliphatic rings. The maximum Gasteiger partial charge on any atom is 0.317 e. The van der Waals surface area contributed by atoms with Gasteiger partial charge in [-0.3, -0.25) is 4.79 Å². The molecule has 0 aromatic heterocycles. The summed E-state index contributed by atoms with van der Waals surface area (Å²) in [6, 6.07) is 13.6. The van der Waals surface area contributed by atoms with Crippen LogP contribution in [-0.4, -0.2) is 55.6 Å². The summed E-state index contributed by atoms with van der Waals surface area (Å²) in [7, 11) is 0. The van der Waals surface area contributed by atoms with Crippen molar-refractivity contribution in [1.29, 1.82) is 0 Å². The maximum absolute atomic E-state index is 12.7. The number of benzene rings is 2. The molecule has 2 saturated heterocycles. The van der Waals surface area contributed by atoms with E-state index < -0.39 is 0 Å². The van der Waals surface area contributed by atoms with E-state index in [0.29, 0.717) is 31.1 Å². The standard InChI is InChI=1S/C23H27ClN4O2/c1-16-6-7-21(12-17(16)2)28-15-19(14-22(28)29)25-23(30)27-10-8-26(9-11-27)20-5-3-4-18(24)13-20/h3-7,12-13,19H,8-11,14-15H2,1-2H3,(H,25,30). The number of carbonyl (C=O) groups excluding carboxylic acids is 2. The second-order valence-electron chi connectivity index (χ2n) is 8.08. The zero-order chi connectivity index (χ0) is 21.3. The smallest absolute Gasteiger partial charge is 0.317 e. The molecule has 2 fully saturated rings. The van der Waals surface area contributed by atoms with Gasteiger partial charge in [-0.1, -0.05) is 23.7 Å². The van der Waals surface area contributed by atoms with Crippen molar-refractivity contribution in [3.8, 4) is 0 Å². The summed E-state index contributed by atoms with van der Waals surface area (Å²) >= 11 is 6.09. The average molecular weight is 427 g/mol. The van der Waals surface area contributed by atoms with E-state index in [1.165, 1.54) is 5.56 Å². The summed E-state index contributed by atoms with van der Waals surface area (Å²) in [5.41, 5.74) is 4.33. The molecule has 2 aliphatic heterocycles. The highest BCUT2D eigenvalue weighted by molar-refractivity contribution is 6.30. The van der Waals surface area contributed by atoms with Gasteiger partial charge in [-0.15, -0.1) is 0 Å². The van der Waals surface area contributed by atoms with Gasteiger partial charge in [0.2, 0.25) is 5.91 Å². The van der Waals surface area contributed by atoms with Crippen LogP contribution in [0.2, 0.25) is 5.02 Å². The van der Waals surface area contributed by atoms with Crippen LogP contribution in [0.3, 0.4) is 0 Å². The molecular formula is C23H27ClN4O2. The highest BCUT2D eigenvalue weighted by atomic mass is 35.5. The summed E-state index contributed by atoms with van der Waals surface area (Å²) in [6.45, 7) is 7.40. The first-order valence-corrected chi connectivity index (χ1v) is 10.7. The van der Waals surface area contributed by atoms with Crippen LogP contribution in [0.4, 0.5) is 16.2 Å². The molecule has 0 saturated carbocycles. The molecule has 0 spiro atoms. The lowest BCUT2D eigenvalue weighted by molar-refractivity contribution is -0.117. The fourth-order valence-electron chi connectivity index (χ4n) is 4.05. The van der Waals surface area contributed by atoms with Gasteiger partial charge in [-0.05, 0) is 55.3 Å². The number of nitrogens with zero attached hydrogens (tertiary/aromatic N) is 3. The van der Waals surface area contributed by atoms with Crippen LogP contribution < -0.4 is 15.1 Å². The van der Waals surface area contributed by atoms with Crippen molar-refractivity contribution in [2.45, 2.75) is 26.3 Å². The van der Waals surface area contributed by atoms with Crippen molar-refractivity contribution in [3.05, 3.63) is 58.6 Å². The predicted octanol–water partition coefficient (Wildman–Crippen LogP) is 3.59. The maximum atomic E-state index is 12.7. The molecule has 2 aromatic rings. The molecule has 2 heterocycles. The normalized spacial score (nSPS) is 19.4. The number of anilines is 2. The Morgan fingerprint density at radius 3 is 2.47 bits per heavy atom. The Labute approximate surface area is 182 Å². The van der Waals surface area contributed by atoms with Crippen molar-refractivity contribution in [2.75, 3.05) is 42.5 Å². The molecule has 158 valence electrons. The van der Waals surface area contributed by atoms with Crippen molar-refractivity contribution in [3.63, 3.8) is 0 Å². The average Bonchev–Trinajstić information content (AvgIpc) is 3.10. The van der Waals surface area contributed by atoms with Crippen LogP contribution in [-0.2, 0) is 4.79 Å². The lowest BCUT2D eigenvalue weighted by Gasteiger charge is -2.36. The van der Waals surface area contributed by atoms with E-state index in [4.69, 9.17) is 11.6 Å². The Hall–Kier alpha value is -2.73. The third kappa shape index (κ3) is 4.38. The Morgan fingerprint density at radius 1 is 1.00 bits per heavy atom. The van der Waals surface area contributed by atoms with Gasteiger partial charge in [-0.25, -0.2) is 4.79 Å². The van der Waals surface area contributed by atoms with E-state index in [2.05, 4.69) is 17.1 Å². The van der Waals surface area contributed by atoms with Gasteiger partial charge in [-0.2, -0.15) is 0 Å². The van der Waals surface area contributed by atoms with E-state index in [9.17, 15) is 9.59 Å². The van der Waals surface area contributed by atoms with Gasteiger partial charge in [0.15, 0.2) is 0 Å². The zero-order valence-corrected chi connectivity index (χ0v) is 18.2. The van der Waals surface area contributed by atoms with E-state index in [0.717, 1.165) is 30.0 Å². The Balaban J connectivity index is 1.31. The number of nitrogens with one attached hydrogen (secondary N) is 1. The molecule has 0 aliphatic carbocycles. The lowest BCUT2D eigenvalue weighted by atomic mass is 10.1. The first kappa shape index (κ1) is 20.5. The summed E-state index contributed by atoms with van der Waals surface area (Å²) in [5.74, 6) is 0.0503. The number of rotatable bonds is 3. The second-order valence-corrected chi connectivity index (χ2v) is 8.51. The lowest BCUT2D eigenvalue weighted by Crippen LogP contribution is -2.53.